The molecule has 5 heteroatoms. The van der Waals surface area contributed by atoms with Gasteiger partial charge in [0.15, 0.2) is 0 Å². The van der Waals surface area contributed by atoms with Gasteiger partial charge in [-0.15, -0.1) is 11.3 Å². The summed E-state index contributed by atoms with van der Waals surface area (Å²) in [6.45, 7) is 0.325. The first-order valence-electron chi connectivity index (χ1n) is 5.67. The number of hydrogen-bond acceptors (Lipinski definition) is 5. The van der Waals surface area contributed by atoms with E-state index in [2.05, 4.69) is 16.0 Å². The normalized spacial score (nSPS) is 10.3. The second-order valence-corrected chi connectivity index (χ2v) is 4.77. The number of hydrogen-bond donors (Lipinski definition) is 0. The molecule has 1 aromatic carbocycles. The average Bonchev–Trinajstić information content (AvgIpc) is 2.94. The second kappa shape index (κ2) is 5.04. The lowest BCUT2D eigenvalue weighted by molar-refractivity contribution is 0.297. The number of fused-ring (bicyclic) bond motifs is 1. The molecule has 0 spiro atoms. The number of benzene rings is 1. The maximum atomic E-state index is 9.02. The molecule has 4 nitrogen and oxygen atoms in total. The minimum absolute atomic E-state index is 0.325. The Labute approximate surface area is 113 Å². The second-order valence-electron chi connectivity index (χ2n) is 3.88. The number of nitrogens with zero attached hydrogens (tertiary/aromatic N) is 3. The number of thiophene rings is 1. The van der Waals surface area contributed by atoms with Crippen LogP contribution in [0.2, 0.25) is 0 Å². The van der Waals surface area contributed by atoms with Crippen LogP contribution in [0.3, 0.4) is 0 Å². The fraction of sp³-hybridized carbons (Fsp3) is 0.0714. The van der Waals surface area contributed by atoms with Gasteiger partial charge in [-0.3, -0.25) is 0 Å². The molecular formula is C14H9N3OS. The first-order chi connectivity index (χ1) is 9.38. The average molecular weight is 267 g/mol. The largest absolute Gasteiger partial charge is 0.472 e. The lowest BCUT2D eigenvalue weighted by Gasteiger charge is -2.07. The van der Waals surface area contributed by atoms with Crippen LogP contribution in [0.25, 0.3) is 10.2 Å². The Morgan fingerprint density at radius 2 is 2.11 bits per heavy atom. The first-order valence-corrected chi connectivity index (χ1v) is 6.55. The molecule has 0 aliphatic rings. The van der Waals surface area contributed by atoms with Crippen LogP contribution in [0, 0.1) is 11.3 Å². The molecule has 0 radical (unpaired) electrons. The Balaban J connectivity index is 1.87. The molecule has 0 bridgehead atoms. The van der Waals surface area contributed by atoms with Crippen LogP contribution < -0.4 is 4.74 Å². The van der Waals surface area contributed by atoms with Crippen molar-refractivity contribution in [2.45, 2.75) is 6.61 Å². The van der Waals surface area contributed by atoms with E-state index >= 15 is 0 Å². The topological polar surface area (TPSA) is 58.8 Å². The van der Waals surface area contributed by atoms with Crippen molar-refractivity contribution in [1.29, 1.82) is 5.26 Å². The number of aromatic nitrogens is 2. The summed E-state index contributed by atoms with van der Waals surface area (Å²) in [7, 11) is 0. The number of nitriles is 1. The monoisotopic (exact) mass is 267 g/mol. The molecule has 92 valence electrons. The molecular weight excluding hydrogens is 258 g/mol. The quantitative estimate of drug-likeness (QED) is 0.731. The maximum absolute atomic E-state index is 9.02. The van der Waals surface area contributed by atoms with Crippen molar-refractivity contribution >= 4 is 21.6 Å². The number of rotatable bonds is 3. The minimum atomic E-state index is 0.325. The van der Waals surface area contributed by atoms with Crippen molar-refractivity contribution in [1.82, 2.24) is 9.97 Å². The zero-order chi connectivity index (χ0) is 13.1. The van der Waals surface area contributed by atoms with E-state index in [1.54, 1.807) is 17.4 Å². The standard InChI is InChI=1S/C14H9N3OS/c15-7-10-3-1-2-4-11(10)8-18-13-12-5-6-19-14(12)17-9-16-13/h1-6,9H,8H2. The van der Waals surface area contributed by atoms with Crippen molar-refractivity contribution in [3.05, 3.63) is 53.2 Å². The van der Waals surface area contributed by atoms with Gasteiger partial charge in [0.05, 0.1) is 17.0 Å². The molecule has 0 fully saturated rings. The van der Waals surface area contributed by atoms with E-state index in [1.807, 2.05) is 29.6 Å². The molecule has 0 aliphatic heterocycles. The molecule has 0 aliphatic carbocycles. The fourth-order valence-electron chi connectivity index (χ4n) is 1.78. The van der Waals surface area contributed by atoms with Crippen LogP contribution in [0.5, 0.6) is 5.88 Å². The number of ether oxygens (including phenoxy) is 1. The van der Waals surface area contributed by atoms with E-state index in [0.29, 0.717) is 18.1 Å². The Morgan fingerprint density at radius 3 is 3.00 bits per heavy atom. The zero-order valence-electron chi connectivity index (χ0n) is 9.91. The lowest BCUT2D eigenvalue weighted by atomic mass is 10.1. The third kappa shape index (κ3) is 2.26. The third-order valence-electron chi connectivity index (χ3n) is 2.73. The van der Waals surface area contributed by atoms with E-state index in [9.17, 15) is 0 Å². The molecule has 0 saturated carbocycles. The van der Waals surface area contributed by atoms with Crippen molar-refractivity contribution < 1.29 is 4.74 Å². The van der Waals surface area contributed by atoms with Gasteiger partial charge in [0, 0.05) is 5.56 Å². The summed E-state index contributed by atoms with van der Waals surface area (Å²) in [5.74, 6) is 0.555. The van der Waals surface area contributed by atoms with Gasteiger partial charge in [0.1, 0.15) is 17.8 Å². The van der Waals surface area contributed by atoms with E-state index < -0.39 is 0 Å². The van der Waals surface area contributed by atoms with Crippen LogP contribution >= 0.6 is 11.3 Å². The molecule has 0 atom stereocenters. The lowest BCUT2D eigenvalue weighted by Crippen LogP contribution is -2.00. The van der Waals surface area contributed by atoms with Crippen molar-refractivity contribution in [2.24, 2.45) is 0 Å². The van der Waals surface area contributed by atoms with E-state index in [-0.39, 0.29) is 0 Å². The highest BCUT2D eigenvalue weighted by Gasteiger charge is 2.07. The van der Waals surface area contributed by atoms with Gasteiger partial charge in [0.2, 0.25) is 5.88 Å². The van der Waals surface area contributed by atoms with Crippen LogP contribution in [0.15, 0.2) is 42.0 Å². The van der Waals surface area contributed by atoms with Crippen molar-refractivity contribution in [3.63, 3.8) is 0 Å². The predicted molar refractivity (Wildman–Crippen MR) is 72.9 cm³/mol. The summed E-state index contributed by atoms with van der Waals surface area (Å²) in [6, 6.07) is 11.5. The molecule has 0 unspecified atom stereocenters. The van der Waals surface area contributed by atoms with Gasteiger partial charge < -0.3 is 4.74 Å². The van der Waals surface area contributed by atoms with Gasteiger partial charge in [-0.1, -0.05) is 18.2 Å². The fourth-order valence-corrected chi connectivity index (χ4v) is 2.51. The molecule has 2 heterocycles. The smallest absolute Gasteiger partial charge is 0.225 e. The van der Waals surface area contributed by atoms with Crippen LogP contribution in [-0.2, 0) is 6.61 Å². The predicted octanol–water partition coefficient (Wildman–Crippen LogP) is 3.14. The molecule has 0 N–H and O–H groups in total. The van der Waals surface area contributed by atoms with Gasteiger partial charge in [-0.2, -0.15) is 5.26 Å². The summed E-state index contributed by atoms with van der Waals surface area (Å²) in [5.41, 5.74) is 1.48. The summed E-state index contributed by atoms with van der Waals surface area (Å²) in [6.07, 6.45) is 1.49. The van der Waals surface area contributed by atoms with Gasteiger partial charge >= 0.3 is 0 Å². The first kappa shape index (κ1) is 11.6. The van der Waals surface area contributed by atoms with Crippen LogP contribution in [-0.4, -0.2) is 9.97 Å². The highest BCUT2D eigenvalue weighted by atomic mass is 32.1. The van der Waals surface area contributed by atoms with Gasteiger partial charge in [-0.05, 0) is 17.5 Å². The molecule has 3 aromatic rings. The van der Waals surface area contributed by atoms with E-state index in [1.165, 1.54) is 6.33 Å². The van der Waals surface area contributed by atoms with Gasteiger partial charge in [-0.25, -0.2) is 9.97 Å². The van der Waals surface area contributed by atoms with Crippen LogP contribution in [0.4, 0.5) is 0 Å². The summed E-state index contributed by atoms with van der Waals surface area (Å²) < 4.78 is 5.71. The molecule has 19 heavy (non-hydrogen) atoms. The Hall–Kier alpha value is -2.45. The van der Waals surface area contributed by atoms with Crippen molar-refractivity contribution in [3.8, 4) is 11.9 Å². The molecule has 3 rings (SSSR count). The summed E-state index contributed by atoms with van der Waals surface area (Å²) in [4.78, 5) is 9.21. The Bertz CT molecular complexity index is 760. The van der Waals surface area contributed by atoms with Gasteiger partial charge in [0.25, 0.3) is 0 Å². The van der Waals surface area contributed by atoms with E-state index in [0.717, 1.165) is 15.8 Å². The Morgan fingerprint density at radius 1 is 1.21 bits per heavy atom. The summed E-state index contributed by atoms with van der Waals surface area (Å²) >= 11 is 1.55. The zero-order valence-corrected chi connectivity index (χ0v) is 10.7. The molecule has 2 aromatic heterocycles. The van der Waals surface area contributed by atoms with E-state index in [4.69, 9.17) is 10.00 Å². The van der Waals surface area contributed by atoms with Crippen molar-refractivity contribution in [2.75, 3.05) is 0 Å². The third-order valence-corrected chi connectivity index (χ3v) is 3.55. The SMILES string of the molecule is N#Cc1ccccc1COc1ncnc2sccc12. The van der Waals surface area contributed by atoms with Crippen LogP contribution in [0.1, 0.15) is 11.1 Å². The Kier molecular flexibility index (Phi) is 3.09. The molecule has 0 amide bonds. The summed E-state index contributed by atoms with van der Waals surface area (Å²) in [5, 5.41) is 11.9. The highest BCUT2D eigenvalue weighted by Crippen LogP contribution is 2.26. The minimum Gasteiger partial charge on any atom is -0.472 e. The highest BCUT2D eigenvalue weighted by molar-refractivity contribution is 7.16. The molecule has 0 saturated heterocycles. The maximum Gasteiger partial charge on any atom is 0.225 e.